The van der Waals surface area contributed by atoms with Crippen LogP contribution in [0.5, 0.6) is 0 Å². The van der Waals surface area contributed by atoms with Gasteiger partial charge in [-0.15, -0.1) is 5.73 Å². The zero-order valence-electron chi connectivity index (χ0n) is 11.5. The third kappa shape index (κ3) is 2.75. The van der Waals surface area contributed by atoms with E-state index in [0.29, 0.717) is 5.57 Å². The fourth-order valence-electron chi connectivity index (χ4n) is 2.41. The van der Waals surface area contributed by atoms with Crippen molar-refractivity contribution in [3.05, 3.63) is 71.5 Å². The zero-order chi connectivity index (χ0) is 14.7. The summed E-state index contributed by atoms with van der Waals surface area (Å²) in [7, 11) is 0. The first-order valence-electron chi connectivity index (χ1n) is 6.31. The summed E-state index contributed by atoms with van der Waals surface area (Å²) in [5.74, 6) is 0. The van der Waals surface area contributed by atoms with Gasteiger partial charge in [0, 0.05) is 5.56 Å². The maximum Gasteiger partial charge on any atom is 0.260 e. The molecule has 0 aliphatic carbocycles. The van der Waals surface area contributed by atoms with E-state index in [1.165, 1.54) is 0 Å². The third-order valence-electron chi connectivity index (χ3n) is 3.26. The Labute approximate surface area is 124 Å². The van der Waals surface area contributed by atoms with Crippen molar-refractivity contribution < 1.29 is 4.79 Å². The van der Waals surface area contributed by atoms with Gasteiger partial charge in [-0.3, -0.25) is 4.79 Å². The average molecular weight is 283 g/mol. The van der Waals surface area contributed by atoms with E-state index < -0.39 is 5.24 Å². The van der Waals surface area contributed by atoms with Crippen LogP contribution in [0.1, 0.15) is 16.7 Å². The van der Waals surface area contributed by atoms with Gasteiger partial charge in [-0.2, -0.15) is 0 Å². The van der Waals surface area contributed by atoms with Crippen molar-refractivity contribution in [2.75, 3.05) is 0 Å². The molecular formula is C18H15ClO. The lowest BCUT2D eigenvalue weighted by Crippen LogP contribution is -1.99. The predicted molar refractivity (Wildman–Crippen MR) is 84.8 cm³/mol. The maximum atomic E-state index is 11.5. The molecule has 0 atom stereocenters. The number of aryl methyl sites for hydroxylation is 2. The lowest BCUT2D eigenvalue weighted by Gasteiger charge is -2.12. The number of carbonyl (C=O) groups excluding carboxylic acids is 1. The van der Waals surface area contributed by atoms with Gasteiger partial charge < -0.3 is 0 Å². The zero-order valence-corrected chi connectivity index (χ0v) is 12.3. The van der Waals surface area contributed by atoms with E-state index in [4.69, 9.17) is 11.6 Å². The first-order chi connectivity index (χ1) is 9.54. The van der Waals surface area contributed by atoms with Crippen molar-refractivity contribution in [1.29, 1.82) is 0 Å². The van der Waals surface area contributed by atoms with E-state index in [0.717, 1.165) is 27.8 Å². The molecule has 100 valence electrons. The SMILES string of the molecule is C=C=C(C(=O)Cl)c1c(C)cc(-c2ccccc2)cc1C. The summed E-state index contributed by atoms with van der Waals surface area (Å²) in [6.07, 6.45) is 0. The average Bonchev–Trinajstić information content (AvgIpc) is 2.43. The van der Waals surface area contributed by atoms with E-state index in [1.54, 1.807) is 0 Å². The Bertz CT molecular complexity index is 684. The van der Waals surface area contributed by atoms with E-state index in [1.807, 2.05) is 32.0 Å². The van der Waals surface area contributed by atoms with Crippen molar-refractivity contribution in [2.24, 2.45) is 0 Å². The van der Waals surface area contributed by atoms with Gasteiger partial charge in [-0.05, 0) is 47.7 Å². The number of carbonyl (C=O) groups is 1. The van der Waals surface area contributed by atoms with Gasteiger partial charge in [0.1, 0.15) is 0 Å². The molecule has 0 spiro atoms. The highest BCUT2D eigenvalue weighted by Gasteiger charge is 2.15. The van der Waals surface area contributed by atoms with Gasteiger partial charge in [-0.25, -0.2) is 0 Å². The molecule has 0 radical (unpaired) electrons. The van der Waals surface area contributed by atoms with E-state index in [9.17, 15) is 4.79 Å². The molecule has 0 saturated heterocycles. The summed E-state index contributed by atoms with van der Waals surface area (Å²) in [5, 5.41) is -0.529. The van der Waals surface area contributed by atoms with Gasteiger partial charge in [0.2, 0.25) is 0 Å². The summed E-state index contributed by atoms with van der Waals surface area (Å²) in [5.41, 5.74) is 8.04. The minimum absolute atomic E-state index is 0.335. The van der Waals surface area contributed by atoms with E-state index in [2.05, 4.69) is 36.6 Å². The molecule has 0 unspecified atom stereocenters. The van der Waals surface area contributed by atoms with Crippen molar-refractivity contribution in [3.8, 4) is 11.1 Å². The Morgan fingerprint density at radius 2 is 1.60 bits per heavy atom. The lowest BCUT2D eigenvalue weighted by atomic mass is 9.92. The molecule has 1 nitrogen and oxygen atoms in total. The Kier molecular flexibility index (Phi) is 4.24. The molecule has 0 aromatic heterocycles. The smallest absolute Gasteiger partial charge is 0.260 e. The second-order valence-electron chi connectivity index (χ2n) is 4.68. The number of hydrogen-bond donors (Lipinski definition) is 0. The highest BCUT2D eigenvalue weighted by Crippen LogP contribution is 2.29. The Morgan fingerprint density at radius 1 is 1.05 bits per heavy atom. The first-order valence-corrected chi connectivity index (χ1v) is 6.69. The van der Waals surface area contributed by atoms with Crippen LogP contribution in [0.3, 0.4) is 0 Å². The summed E-state index contributed by atoms with van der Waals surface area (Å²) in [6, 6.07) is 14.2. The fraction of sp³-hybridized carbons (Fsp3) is 0.111. The molecule has 2 aromatic rings. The van der Waals surface area contributed by atoms with Crippen LogP contribution < -0.4 is 0 Å². The highest BCUT2D eigenvalue weighted by atomic mass is 35.5. The van der Waals surface area contributed by atoms with Crippen molar-refractivity contribution in [2.45, 2.75) is 13.8 Å². The van der Waals surface area contributed by atoms with Gasteiger partial charge in [0.15, 0.2) is 0 Å². The van der Waals surface area contributed by atoms with Gasteiger partial charge in [0.25, 0.3) is 5.24 Å². The van der Waals surface area contributed by atoms with Crippen LogP contribution in [0.2, 0.25) is 0 Å². The molecule has 0 saturated carbocycles. The topological polar surface area (TPSA) is 17.1 Å². The van der Waals surface area contributed by atoms with Crippen molar-refractivity contribution >= 4 is 22.4 Å². The molecule has 20 heavy (non-hydrogen) atoms. The molecule has 0 amide bonds. The minimum Gasteiger partial charge on any atom is -0.275 e. The summed E-state index contributed by atoms with van der Waals surface area (Å²) >= 11 is 5.60. The molecule has 0 fully saturated rings. The summed E-state index contributed by atoms with van der Waals surface area (Å²) < 4.78 is 0. The van der Waals surface area contributed by atoms with Gasteiger partial charge in [-0.1, -0.05) is 49.0 Å². The molecule has 0 aliphatic heterocycles. The predicted octanol–water partition coefficient (Wildman–Crippen LogP) is 4.90. The maximum absolute atomic E-state index is 11.5. The van der Waals surface area contributed by atoms with Crippen LogP contribution >= 0.6 is 11.6 Å². The molecular weight excluding hydrogens is 268 g/mol. The molecule has 0 N–H and O–H groups in total. The Balaban J connectivity index is 2.61. The Hall–Kier alpha value is -2.08. The number of halogens is 1. The molecule has 2 rings (SSSR count). The highest BCUT2D eigenvalue weighted by molar-refractivity contribution is 6.74. The summed E-state index contributed by atoms with van der Waals surface area (Å²) in [4.78, 5) is 11.5. The van der Waals surface area contributed by atoms with Crippen molar-refractivity contribution in [1.82, 2.24) is 0 Å². The second-order valence-corrected chi connectivity index (χ2v) is 5.02. The molecule has 2 aromatic carbocycles. The largest absolute Gasteiger partial charge is 0.275 e. The summed E-state index contributed by atoms with van der Waals surface area (Å²) in [6.45, 7) is 7.48. The van der Waals surface area contributed by atoms with E-state index >= 15 is 0 Å². The fourth-order valence-corrected chi connectivity index (χ4v) is 2.57. The monoisotopic (exact) mass is 282 g/mol. The van der Waals surface area contributed by atoms with Crippen LogP contribution in [0, 0.1) is 13.8 Å². The molecule has 2 heteroatoms. The van der Waals surface area contributed by atoms with Gasteiger partial charge >= 0.3 is 0 Å². The number of benzene rings is 2. The molecule has 0 bridgehead atoms. The lowest BCUT2D eigenvalue weighted by molar-refractivity contribution is -0.106. The minimum atomic E-state index is -0.529. The van der Waals surface area contributed by atoms with Gasteiger partial charge in [0.05, 0.1) is 5.57 Å². The van der Waals surface area contributed by atoms with Crippen LogP contribution in [-0.2, 0) is 4.79 Å². The van der Waals surface area contributed by atoms with Crippen LogP contribution in [-0.4, -0.2) is 5.24 Å². The number of hydrogen-bond acceptors (Lipinski definition) is 1. The second kappa shape index (κ2) is 5.92. The van der Waals surface area contributed by atoms with E-state index in [-0.39, 0.29) is 0 Å². The van der Waals surface area contributed by atoms with Crippen LogP contribution in [0.25, 0.3) is 16.7 Å². The van der Waals surface area contributed by atoms with Crippen LogP contribution in [0.4, 0.5) is 0 Å². The molecule has 0 aliphatic rings. The molecule has 0 heterocycles. The number of rotatable bonds is 3. The Morgan fingerprint density at radius 3 is 2.05 bits per heavy atom. The standard InChI is InChI=1S/C18H15ClO/c1-4-16(18(19)20)17-12(2)10-15(11-13(17)3)14-8-6-5-7-9-14/h5-11H,1H2,2-3H3. The van der Waals surface area contributed by atoms with Crippen molar-refractivity contribution in [3.63, 3.8) is 0 Å². The third-order valence-corrected chi connectivity index (χ3v) is 3.45. The quantitative estimate of drug-likeness (QED) is 0.444. The normalized spacial score (nSPS) is 9.95. The number of allylic oxidation sites excluding steroid dienone is 1. The first kappa shape index (κ1) is 14.3. The van der Waals surface area contributed by atoms with Crippen LogP contribution in [0.15, 0.2) is 54.8 Å².